The number of rotatable bonds is 1. The van der Waals surface area contributed by atoms with Crippen LogP contribution in [0.2, 0.25) is 0 Å². The zero-order valence-electron chi connectivity index (χ0n) is 10.8. The largest absolute Gasteiger partial charge is 0.415 e. The third kappa shape index (κ3) is 1.72. The molecule has 0 bridgehead atoms. The maximum Gasteiger partial charge on any atom is 0.415 e. The van der Waals surface area contributed by atoms with E-state index in [1.165, 1.54) is 0 Å². The van der Waals surface area contributed by atoms with E-state index in [4.69, 9.17) is 4.74 Å². The summed E-state index contributed by atoms with van der Waals surface area (Å²) in [4.78, 5) is 22.4. The van der Waals surface area contributed by atoms with Gasteiger partial charge in [0.15, 0.2) is 0 Å². The second-order valence-corrected chi connectivity index (χ2v) is 5.13. The molecule has 2 atom stereocenters. The first-order chi connectivity index (χ1) is 9.83. The topological polar surface area (TPSA) is 67.3 Å². The van der Waals surface area contributed by atoms with Crippen LogP contribution in [0.3, 0.4) is 0 Å². The smallest absolute Gasteiger partial charge is 0.409 e. The third-order valence-corrected chi connectivity index (χ3v) is 4.07. The van der Waals surface area contributed by atoms with Crippen LogP contribution in [0.25, 0.3) is 10.9 Å². The fraction of sp³-hybridized carbons (Fsp3) is 0.357. The maximum absolute atomic E-state index is 12.3. The molecular formula is C14H14N4O2. The Morgan fingerprint density at radius 2 is 2.35 bits per heavy atom. The zero-order chi connectivity index (χ0) is 13.5. The number of amides is 1. The lowest BCUT2D eigenvalue weighted by atomic mass is 10.0. The molecule has 6 heteroatoms. The van der Waals surface area contributed by atoms with E-state index in [9.17, 15) is 4.79 Å². The van der Waals surface area contributed by atoms with Gasteiger partial charge in [-0.15, -0.1) is 0 Å². The highest BCUT2D eigenvalue weighted by atomic mass is 16.6. The number of likely N-dealkylation sites (tertiary alicyclic amines) is 1. The maximum atomic E-state index is 12.3. The van der Waals surface area contributed by atoms with E-state index in [0.29, 0.717) is 11.8 Å². The van der Waals surface area contributed by atoms with Gasteiger partial charge in [0.25, 0.3) is 0 Å². The molecule has 2 unspecified atom stereocenters. The van der Waals surface area contributed by atoms with Crippen molar-refractivity contribution in [3.63, 3.8) is 0 Å². The third-order valence-electron chi connectivity index (χ3n) is 4.07. The van der Waals surface area contributed by atoms with E-state index in [0.717, 1.165) is 30.4 Å². The van der Waals surface area contributed by atoms with Gasteiger partial charge in [-0.25, -0.2) is 4.79 Å². The van der Waals surface area contributed by atoms with E-state index < -0.39 is 0 Å². The number of hydrogen-bond donors (Lipinski definition) is 1. The van der Waals surface area contributed by atoms with Gasteiger partial charge in [0.1, 0.15) is 5.75 Å². The molecule has 102 valence electrons. The molecule has 2 aliphatic rings. The molecule has 4 rings (SSSR count). The van der Waals surface area contributed by atoms with Crippen LogP contribution < -0.4 is 10.1 Å². The monoisotopic (exact) mass is 270 g/mol. The number of ether oxygens (including phenoxy) is 1. The number of nitrogens with zero attached hydrogens (tertiary/aromatic N) is 3. The summed E-state index contributed by atoms with van der Waals surface area (Å²) in [5.74, 6) is 0.517. The summed E-state index contributed by atoms with van der Waals surface area (Å²) in [5, 5.41) is 4.07. The molecule has 0 saturated carbocycles. The Kier molecular flexibility index (Phi) is 2.56. The molecule has 4 heterocycles. The second-order valence-electron chi connectivity index (χ2n) is 5.13. The zero-order valence-corrected chi connectivity index (χ0v) is 10.8. The van der Waals surface area contributed by atoms with Gasteiger partial charge in [-0.2, -0.15) is 0 Å². The number of hydrogen-bond acceptors (Lipinski definition) is 5. The van der Waals surface area contributed by atoms with Crippen LogP contribution in [0.4, 0.5) is 4.79 Å². The highest BCUT2D eigenvalue weighted by molar-refractivity contribution is 5.86. The van der Waals surface area contributed by atoms with E-state index >= 15 is 0 Å². The highest BCUT2D eigenvalue weighted by Gasteiger charge is 2.43. The number of nitrogens with one attached hydrogen (secondary N) is 1. The van der Waals surface area contributed by atoms with Gasteiger partial charge in [-0.1, -0.05) is 0 Å². The van der Waals surface area contributed by atoms with Crippen LogP contribution >= 0.6 is 0 Å². The number of aromatic nitrogens is 2. The Morgan fingerprint density at radius 3 is 3.15 bits per heavy atom. The molecule has 2 aromatic heterocycles. The predicted octanol–water partition coefficient (Wildman–Crippen LogP) is 1.17. The van der Waals surface area contributed by atoms with Gasteiger partial charge in [0.2, 0.25) is 0 Å². The van der Waals surface area contributed by atoms with Crippen molar-refractivity contribution in [2.45, 2.75) is 18.5 Å². The second kappa shape index (κ2) is 4.42. The van der Waals surface area contributed by atoms with Gasteiger partial charge in [-0.05, 0) is 12.5 Å². The van der Waals surface area contributed by atoms with E-state index in [-0.39, 0.29) is 12.1 Å². The summed E-state index contributed by atoms with van der Waals surface area (Å²) in [7, 11) is 0. The molecular weight excluding hydrogens is 256 g/mol. The van der Waals surface area contributed by atoms with Crippen LogP contribution in [0.15, 0.2) is 30.7 Å². The Morgan fingerprint density at radius 1 is 1.40 bits per heavy atom. The van der Waals surface area contributed by atoms with Crippen LogP contribution in [-0.2, 0) is 0 Å². The average Bonchev–Trinajstić information content (AvgIpc) is 2.74. The molecule has 0 aliphatic carbocycles. The minimum atomic E-state index is -0.282. The van der Waals surface area contributed by atoms with Crippen molar-refractivity contribution in [2.75, 3.05) is 13.1 Å². The minimum absolute atomic E-state index is 0.282. The Hall–Kier alpha value is -2.21. The molecule has 2 fully saturated rings. The van der Waals surface area contributed by atoms with E-state index in [1.54, 1.807) is 30.7 Å². The van der Waals surface area contributed by atoms with Gasteiger partial charge in [-0.3, -0.25) is 9.97 Å². The molecule has 0 aromatic carbocycles. The van der Waals surface area contributed by atoms with E-state index in [1.807, 2.05) is 4.90 Å². The molecule has 2 saturated heterocycles. The molecule has 0 spiro atoms. The number of carbonyl (C=O) groups excluding carboxylic acids is 1. The van der Waals surface area contributed by atoms with E-state index in [2.05, 4.69) is 15.3 Å². The number of carbonyl (C=O) groups is 1. The summed E-state index contributed by atoms with van der Waals surface area (Å²) >= 11 is 0. The Balaban J connectivity index is 1.60. The summed E-state index contributed by atoms with van der Waals surface area (Å²) in [6.45, 7) is 1.61. The average molecular weight is 270 g/mol. The lowest BCUT2D eigenvalue weighted by Crippen LogP contribution is -2.60. The lowest BCUT2D eigenvalue weighted by molar-refractivity contribution is 0.128. The first-order valence-corrected chi connectivity index (χ1v) is 6.73. The van der Waals surface area contributed by atoms with Crippen molar-refractivity contribution in [1.29, 1.82) is 0 Å². The lowest BCUT2D eigenvalue weighted by Gasteiger charge is -2.36. The van der Waals surface area contributed by atoms with Crippen molar-refractivity contribution in [3.05, 3.63) is 30.7 Å². The minimum Gasteiger partial charge on any atom is -0.409 e. The van der Waals surface area contributed by atoms with Crippen molar-refractivity contribution in [2.24, 2.45) is 0 Å². The van der Waals surface area contributed by atoms with Crippen molar-refractivity contribution >= 4 is 17.0 Å². The molecule has 0 radical (unpaired) electrons. The first kappa shape index (κ1) is 11.6. The predicted molar refractivity (Wildman–Crippen MR) is 72.5 cm³/mol. The number of fused-ring (bicyclic) bond motifs is 2. The summed E-state index contributed by atoms with van der Waals surface area (Å²) in [5.41, 5.74) is 0.773. The first-order valence-electron chi connectivity index (χ1n) is 6.73. The van der Waals surface area contributed by atoms with Crippen LogP contribution in [0, 0.1) is 0 Å². The van der Waals surface area contributed by atoms with Crippen LogP contribution in [0.5, 0.6) is 5.75 Å². The van der Waals surface area contributed by atoms with Crippen molar-refractivity contribution in [3.8, 4) is 5.75 Å². The van der Waals surface area contributed by atoms with Gasteiger partial charge in [0, 0.05) is 43.8 Å². The molecule has 1 amide bonds. The van der Waals surface area contributed by atoms with Crippen LogP contribution in [-0.4, -0.2) is 46.1 Å². The molecule has 20 heavy (non-hydrogen) atoms. The molecule has 2 aliphatic heterocycles. The van der Waals surface area contributed by atoms with Crippen LogP contribution in [0.1, 0.15) is 6.42 Å². The fourth-order valence-corrected chi connectivity index (χ4v) is 2.89. The fourth-order valence-electron chi connectivity index (χ4n) is 2.89. The van der Waals surface area contributed by atoms with Crippen molar-refractivity contribution < 1.29 is 9.53 Å². The van der Waals surface area contributed by atoms with Gasteiger partial charge >= 0.3 is 6.09 Å². The van der Waals surface area contributed by atoms with Gasteiger partial charge < -0.3 is 15.0 Å². The standard InChI is InChI=1S/C14H14N4O2/c19-14(18-6-3-11-12(18)8-17-11)20-13-2-5-16-10-1-4-15-7-9(10)13/h1-2,4-5,7,11-12,17H,3,6,8H2. The molecule has 2 aromatic rings. The number of pyridine rings is 2. The summed E-state index contributed by atoms with van der Waals surface area (Å²) in [6.07, 6.45) is 5.70. The summed E-state index contributed by atoms with van der Waals surface area (Å²) in [6, 6.07) is 4.23. The quantitative estimate of drug-likeness (QED) is 0.842. The van der Waals surface area contributed by atoms with Gasteiger partial charge in [0.05, 0.1) is 16.9 Å². The molecule has 6 nitrogen and oxygen atoms in total. The SMILES string of the molecule is O=C(Oc1ccnc2ccncc12)N1CCC2NCC21. The highest BCUT2D eigenvalue weighted by Crippen LogP contribution is 2.27. The molecule has 1 N–H and O–H groups in total. The summed E-state index contributed by atoms with van der Waals surface area (Å²) < 4.78 is 5.54. The van der Waals surface area contributed by atoms with Crippen molar-refractivity contribution in [1.82, 2.24) is 20.2 Å². The Labute approximate surface area is 115 Å². The Bertz CT molecular complexity index is 670. The normalized spacial score (nSPS) is 24.3.